The molecule has 0 heterocycles. The lowest BCUT2D eigenvalue weighted by Crippen LogP contribution is -2.37. The fourth-order valence-corrected chi connectivity index (χ4v) is 2.59. The van der Waals surface area contributed by atoms with E-state index in [9.17, 15) is 9.90 Å². The molecule has 0 atom stereocenters. The van der Waals surface area contributed by atoms with Gasteiger partial charge in [-0.05, 0) is 11.1 Å². The summed E-state index contributed by atoms with van der Waals surface area (Å²) in [5, 5.41) is 11.3. The molecule has 0 amide bonds. The first-order chi connectivity index (χ1) is 10.7. The van der Waals surface area contributed by atoms with Crippen molar-refractivity contribution >= 4 is 5.78 Å². The molecule has 0 aliphatic rings. The molecular weight excluding hydrogens is 272 g/mol. The van der Waals surface area contributed by atoms with Gasteiger partial charge >= 0.3 is 0 Å². The molecule has 0 aliphatic carbocycles. The van der Waals surface area contributed by atoms with E-state index in [-0.39, 0.29) is 5.78 Å². The molecule has 3 rings (SSSR count). The fraction of sp³-hybridized carbons (Fsp3) is 0.0500. The summed E-state index contributed by atoms with van der Waals surface area (Å²) in [5.74, 6) is -0.328. The van der Waals surface area contributed by atoms with Gasteiger partial charge in [-0.1, -0.05) is 91.0 Å². The maximum Gasteiger partial charge on any atom is 0.203 e. The van der Waals surface area contributed by atoms with Gasteiger partial charge in [-0.25, -0.2) is 0 Å². The van der Waals surface area contributed by atoms with Crippen LogP contribution in [0.15, 0.2) is 91.0 Å². The maximum absolute atomic E-state index is 13.0. The molecule has 2 heteroatoms. The number of carbonyl (C=O) groups excluding carboxylic acids is 1. The van der Waals surface area contributed by atoms with Gasteiger partial charge in [0.15, 0.2) is 5.60 Å². The minimum Gasteiger partial charge on any atom is -0.373 e. The van der Waals surface area contributed by atoms with Gasteiger partial charge in [0.05, 0.1) is 0 Å². The maximum atomic E-state index is 13.0. The molecular formula is C20H16O2. The van der Waals surface area contributed by atoms with E-state index in [1.807, 2.05) is 42.5 Å². The van der Waals surface area contributed by atoms with Crippen LogP contribution in [0.4, 0.5) is 0 Å². The Morgan fingerprint density at radius 3 is 1.41 bits per heavy atom. The number of benzene rings is 3. The van der Waals surface area contributed by atoms with Crippen molar-refractivity contribution in [2.45, 2.75) is 5.60 Å². The first-order valence-electron chi connectivity index (χ1n) is 7.16. The zero-order chi connectivity index (χ0) is 15.4. The number of aliphatic hydroxyl groups is 1. The Bertz CT molecular complexity index is 710. The van der Waals surface area contributed by atoms with Crippen LogP contribution in [0.5, 0.6) is 0 Å². The van der Waals surface area contributed by atoms with E-state index in [1.54, 1.807) is 48.5 Å². The molecule has 3 aromatic carbocycles. The first kappa shape index (κ1) is 14.2. The minimum atomic E-state index is -1.69. The van der Waals surface area contributed by atoms with E-state index in [0.29, 0.717) is 16.7 Å². The van der Waals surface area contributed by atoms with Gasteiger partial charge < -0.3 is 5.11 Å². The molecule has 0 spiro atoms. The molecule has 3 aromatic rings. The van der Waals surface area contributed by atoms with Crippen molar-refractivity contribution in [3.63, 3.8) is 0 Å². The van der Waals surface area contributed by atoms with Gasteiger partial charge in [0.2, 0.25) is 5.78 Å². The lowest BCUT2D eigenvalue weighted by atomic mass is 9.80. The highest BCUT2D eigenvalue weighted by Gasteiger charge is 2.39. The van der Waals surface area contributed by atoms with Gasteiger partial charge in [-0.15, -0.1) is 0 Å². The Kier molecular flexibility index (Phi) is 3.86. The van der Waals surface area contributed by atoms with Crippen molar-refractivity contribution in [3.8, 4) is 0 Å². The van der Waals surface area contributed by atoms with Crippen molar-refractivity contribution in [3.05, 3.63) is 108 Å². The largest absolute Gasteiger partial charge is 0.373 e. The molecule has 0 fully saturated rings. The van der Waals surface area contributed by atoms with Gasteiger partial charge in [0.1, 0.15) is 0 Å². The summed E-state index contributed by atoms with van der Waals surface area (Å²) in [6, 6.07) is 27.0. The van der Waals surface area contributed by atoms with Crippen LogP contribution >= 0.6 is 0 Å². The highest BCUT2D eigenvalue weighted by atomic mass is 16.3. The standard InChI is InChI=1S/C20H16O2/c21-19(16-10-4-1-5-11-16)20(22,17-12-6-2-7-13-17)18-14-8-3-9-15-18/h1-15,22H. The van der Waals surface area contributed by atoms with Gasteiger partial charge in [-0.3, -0.25) is 4.79 Å². The molecule has 0 aliphatic heterocycles. The van der Waals surface area contributed by atoms with Crippen LogP contribution < -0.4 is 0 Å². The number of Topliss-reactive ketones (excluding diaryl/α,β-unsaturated/α-hetero) is 1. The summed E-state index contributed by atoms with van der Waals surface area (Å²) >= 11 is 0. The molecule has 0 saturated carbocycles. The third kappa shape index (κ3) is 2.45. The van der Waals surface area contributed by atoms with Gasteiger partial charge in [0.25, 0.3) is 0 Å². The van der Waals surface area contributed by atoms with E-state index in [4.69, 9.17) is 0 Å². The highest BCUT2D eigenvalue weighted by Crippen LogP contribution is 2.33. The predicted octanol–water partition coefficient (Wildman–Crippen LogP) is 3.81. The van der Waals surface area contributed by atoms with Gasteiger partial charge in [0, 0.05) is 5.56 Å². The van der Waals surface area contributed by atoms with Crippen LogP contribution in [-0.4, -0.2) is 10.9 Å². The second kappa shape index (κ2) is 5.96. The van der Waals surface area contributed by atoms with Crippen LogP contribution in [0.2, 0.25) is 0 Å². The topological polar surface area (TPSA) is 37.3 Å². The van der Waals surface area contributed by atoms with Crippen LogP contribution in [0.1, 0.15) is 21.5 Å². The molecule has 108 valence electrons. The normalized spacial score (nSPS) is 11.1. The first-order valence-corrected chi connectivity index (χ1v) is 7.16. The molecule has 0 radical (unpaired) electrons. The van der Waals surface area contributed by atoms with Crippen molar-refractivity contribution in [2.75, 3.05) is 0 Å². The van der Waals surface area contributed by atoms with Crippen LogP contribution in [0.25, 0.3) is 0 Å². The SMILES string of the molecule is O=C(c1ccccc1)C(O)(c1ccccc1)c1ccccc1. The monoisotopic (exact) mass is 288 g/mol. The van der Waals surface area contributed by atoms with Crippen molar-refractivity contribution < 1.29 is 9.90 Å². The fourth-order valence-electron chi connectivity index (χ4n) is 2.59. The Hall–Kier alpha value is -2.71. The summed E-state index contributed by atoms with van der Waals surface area (Å²) in [5.41, 5.74) is -0.0769. The Labute approximate surface area is 129 Å². The molecule has 0 unspecified atom stereocenters. The van der Waals surface area contributed by atoms with E-state index in [0.717, 1.165) is 0 Å². The summed E-state index contributed by atoms with van der Waals surface area (Å²) in [6.07, 6.45) is 0. The Morgan fingerprint density at radius 2 is 1.00 bits per heavy atom. The second-order valence-electron chi connectivity index (χ2n) is 5.14. The van der Waals surface area contributed by atoms with E-state index in [1.165, 1.54) is 0 Å². The molecule has 0 saturated heterocycles. The Morgan fingerprint density at radius 1 is 0.636 bits per heavy atom. The van der Waals surface area contributed by atoms with Gasteiger partial charge in [-0.2, -0.15) is 0 Å². The third-order valence-electron chi connectivity index (χ3n) is 3.75. The number of ketones is 1. The van der Waals surface area contributed by atoms with E-state index >= 15 is 0 Å². The van der Waals surface area contributed by atoms with Crippen molar-refractivity contribution in [2.24, 2.45) is 0 Å². The number of carbonyl (C=O) groups is 1. The smallest absolute Gasteiger partial charge is 0.203 e. The number of rotatable bonds is 4. The number of hydrogen-bond acceptors (Lipinski definition) is 2. The van der Waals surface area contributed by atoms with Crippen LogP contribution in [0.3, 0.4) is 0 Å². The highest BCUT2D eigenvalue weighted by molar-refractivity contribution is 6.05. The molecule has 2 nitrogen and oxygen atoms in total. The summed E-state index contributed by atoms with van der Waals surface area (Å²) < 4.78 is 0. The lowest BCUT2D eigenvalue weighted by Gasteiger charge is -2.28. The molecule has 22 heavy (non-hydrogen) atoms. The Balaban J connectivity index is 2.18. The molecule has 1 N–H and O–H groups in total. The van der Waals surface area contributed by atoms with E-state index < -0.39 is 5.60 Å². The van der Waals surface area contributed by atoms with Crippen LogP contribution in [-0.2, 0) is 5.60 Å². The summed E-state index contributed by atoms with van der Waals surface area (Å²) in [4.78, 5) is 13.0. The summed E-state index contributed by atoms with van der Waals surface area (Å²) in [6.45, 7) is 0. The summed E-state index contributed by atoms with van der Waals surface area (Å²) in [7, 11) is 0. The average molecular weight is 288 g/mol. The predicted molar refractivity (Wildman–Crippen MR) is 86.7 cm³/mol. The molecule has 0 bridgehead atoms. The third-order valence-corrected chi connectivity index (χ3v) is 3.75. The minimum absolute atomic E-state index is 0.328. The zero-order valence-corrected chi connectivity index (χ0v) is 12.0. The molecule has 0 aromatic heterocycles. The quantitative estimate of drug-likeness (QED) is 0.741. The zero-order valence-electron chi connectivity index (χ0n) is 12.0. The van der Waals surface area contributed by atoms with Crippen LogP contribution in [0, 0.1) is 0 Å². The van der Waals surface area contributed by atoms with E-state index in [2.05, 4.69) is 0 Å². The lowest BCUT2D eigenvalue weighted by molar-refractivity contribution is 0.0488. The van der Waals surface area contributed by atoms with Crippen molar-refractivity contribution in [1.82, 2.24) is 0 Å². The van der Waals surface area contributed by atoms with Crippen molar-refractivity contribution in [1.29, 1.82) is 0 Å². The second-order valence-corrected chi connectivity index (χ2v) is 5.14. The average Bonchev–Trinajstić information content (AvgIpc) is 2.62. The number of hydrogen-bond donors (Lipinski definition) is 1.